The van der Waals surface area contributed by atoms with Crippen LogP contribution in [0.4, 0.5) is 4.79 Å². The summed E-state index contributed by atoms with van der Waals surface area (Å²) in [5, 5.41) is 6.20. The lowest BCUT2D eigenvalue weighted by atomic mass is 9.80. The van der Waals surface area contributed by atoms with Gasteiger partial charge in [-0.05, 0) is 31.1 Å². The van der Waals surface area contributed by atoms with E-state index < -0.39 is 0 Å². The van der Waals surface area contributed by atoms with Crippen molar-refractivity contribution in [2.24, 2.45) is 11.8 Å². The lowest BCUT2D eigenvalue weighted by Crippen LogP contribution is -2.45. The van der Waals surface area contributed by atoms with Crippen molar-refractivity contribution in [2.75, 3.05) is 6.54 Å². The topological polar surface area (TPSA) is 41.1 Å². The number of carbonyl (C=O) groups is 1. The van der Waals surface area contributed by atoms with Crippen LogP contribution < -0.4 is 10.6 Å². The van der Waals surface area contributed by atoms with Gasteiger partial charge in [0.25, 0.3) is 0 Å². The first kappa shape index (κ1) is 13.7. The zero-order valence-electron chi connectivity index (χ0n) is 11.7. The van der Waals surface area contributed by atoms with Gasteiger partial charge in [-0.3, -0.25) is 0 Å². The normalized spacial score (nSPS) is 29.8. The molecule has 2 fully saturated rings. The first-order valence-electron chi connectivity index (χ1n) is 7.80. The predicted octanol–water partition coefficient (Wildman–Crippen LogP) is 3.44. The summed E-state index contributed by atoms with van der Waals surface area (Å²) in [6.45, 7) is 3.18. The van der Waals surface area contributed by atoms with Gasteiger partial charge in [-0.25, -0.2) is 4.79 Å². The van der Waals surface area contributed by atoms with E-state index in [0.29, 0.717) is 12.0 Å². The fourth-order valence-electron chi connectivity index (χ4n) is 3.40. The van der Waals surface area contributed by atoms with Crippen molar-refractivity contribution in [3.8, 4) is 0 Å². The number of hydrogen-bond donors (Lipinski definition) is 2. The van der Waals surface area contributed by atoms with E-state index in [4.69, 9.17) is 0 Å². The zero-order valence-corrected chi connectivity index (χ0v) is 11.7. The van der Waals surface area contributed by atoms with Crippen LogP contribution in [0.3, 0.4) is 0 Å². The van der Waals surface area contributed by atoms with E-state index in [1.165, 1.54) is 44.9 Å². The SMILES string of the molecule is CC1CCCCC1CNC(=O)NC1CCCCC1. The minimum absolute atomic E-state index is 0.0553. The van der Waals surface area contributed by atoms with Crippen LogP contribution in [0.2, 0.25) is 0 Å². The molecule has 0 aromatic carbocycles. The molecule has 0 saturated heterocycles. The van der Waals surface area contributed by atoms with Gasteiger partial charge in [0.05, 0.1) is 0 Å². The van der Waals surface area contributed by atoms with Gasteiger partial charge >= 0.3 is 6.03 Å². The Hall–Kier alpha value is -0.730. The Morgan fingerprint density at radius 1 is 1.00 bits per heavy atom. The molecule has 2 N–H and O–H groups in total. The van der Waals surface area contributed by atoms with E-state index in [1.807, 2.05) is 0 Å². The third-order valence-electron chi connectivity index (χ3n) is 4.75. The Morgan fingerprint density at radius 2 is 1.67 bits per heavy atom. The average Bonchev–Trinajstić information content (AvgIpc) is 2.39. The lowest BCUT2D eigenvalue weighted by molar-refractivity contribution is 0.217. The van der Waals surface area contributed by atoms with Crippen LogP contribution in [0.1, 0.15) is 64.7 Å². The molecule has 104 valence electrons. The highest BCUT2D eigenvalue weighted by Gasteiger charge is 2.22. The van der Waals surface area contributed by atoms with E-state index in [1.54, 1.807) is 0 Å². The van der Waals surface area contributed by atoms with E-state index in [9.17, 15) is 4.79 Å². The number of carbonyl (C=O) groups excluding carboxylic acids is 1. The summed E-state index contributed by atoms with van der Waals surface area (Å²) in [6.07, 6.45) is 11.5. The van der Waals surface area contributed by atoms with Gasteiger partial charge in [0.15, 0.2) is 0 Å². The Labute approximate surface area is 111 Å². The number of hydrogen-bond acceptors (Lipinski definition) is 1. The van der Waals surface area contributed by atoms with Crippen LogP contribution in [-0.4, -0.2) is 18.6 Å². The van der Waals surface area contributed by atoms with E-state index in [0.717, 1.165) is 25.3 Å². The van der Waals surface area contributed by atoms with Crippen molar-refractivity contribution in [1.82, 2.24) is 10.6 Å². The molecule has 0 aromatic heterocycles. The highest BCUT2D eigenvalue weighted by molar-refractivity contribution is 5.74. The van der Waals surface area contributed by atoms with Gasteiger partial charge in [0.2, 0.25) is 0 Å². The first-order chi connectivity index (χ1) is 8.75. The number of nitrogens with one attached hydrogen (secondary N) is 2. The highest BCUT2D eigenvalue weighted by atomic mass is 16.2. The smallest absolute Gasteiger partial charge is 0.315 e. The fraction of sp³-hybridized carbons (Fsp3) is 0.933. The predicted molar refractivity (Wildman–Crippen MR) is 74.5 cm³/mol. The van der Waals surface area contributed by atoms with Crippen molar-refractivity contribution in [1.29, 1.82) is 0 Å². The van der Waals surface area contributed by atoms with Crippen molar-refractivity contribution in [3.63, 3.8) is 0 Å². The maximum Gasteiger partial charge on any atom is 0.315 e. The minimum Gasteiger partial charge on any atom is -0.338 e. The van der Waals surface area contributed by atoms with Crippen LogP contribution in [0.5, 0.6) is 0 Å². The molecule has 3 nitrogen and oxygen atoms in total. The number of amides is 2. The molecule has 0 heterocycles. The molecule has 3 heteroatoms. The lowest BCUT2D eigenvalue weighted by Gasteiger charge is -2.29. The Morgan fingerprint density at radius 3 is 2.39 bits per heavy atom. The first-order valence-corrected chi connectivity index (χ1v) is 7.80. The minimum atomic E-state index is 0.0553. The summed E-state index contributed by atoms with van der Waals surface area (Å²) < 4.78 is 0. The van der Waals surface area contributed by atoms with E-state index in [-0.39, 0.29) is 6.03 Å². The van der Waals surface area contributed by atoms with Gasteiger partial charge < -0.3 is 10.6 Å². The molecule has 2 aliphatic rings. The maximum absolute atomic E-state index is 11.8. The molecule has 0 radical (unpaired) electrons. The molecule has 2 atom stereocenters. The van der Waals surface area contributed by atoms with Crippen molar-refractivity contribution >= 4 is 6.03 Å². The second-order valence-corrected chi connectivity index (χ2v) is 6.21. The molecule has 18 heavy (non-hydrogen) atoms. The molecule has 0 aromatic rings. The van der Waals surface area contributed by atoms with Crippen molar-refractivity contribution < 1.29 is 4.79 Å². The van der Waals surface area contributed by atoms with Crippen LogP contribution in [-0.2, 0) is 0 Å². The Balaban J connectivity index is 1.64. The molecule has 2 aliphatic carbocycles. The van der Waals surface area contributed by atoms with Crippen LogP contribution in [0.25, 0.3) is 0 Å². The van der Waals surface area contributed by atoms with Crippen molar-refractivity contribution in [3.05, 3.63) is 0 Å². The van der Waals surface area contributed by atoms with Crippen LogP contribution in [0.15, 0.2) is 0 Å². The monoisotopic (exact) mass is 252 g/mol. The molecule has 0 aliphatic heterocycles. The molecule has 2 amide bonds. The number of rotatable bonds is 3. The quantitative estimate of drug-likeness (QED) is 0.793. The van der Waals surface area contributed by atoms with Crippen LogP contribution >= 0.6 is 0 Å². The number of urea groups is 1. The molecule has 2 unspecified atom stereocenters. The second-order valence-electron chi connectivity index (χ2n) is 6.21. The fourth-order valence-corrected chi connectivity index (χ4v) is 3.40. The van der Waals surface area contributed by atoms with Gasteiger partial charge in [0.1, 0.15) is 0 Å². The summed E-state index contributed by atoms with van der Waals surface area (Å²) in [6, 6.07) is 0.474. The van der Waals surface area contributed by atoms with E-state index in [2.05, 4.69) is 17.6 Å². The highest BCUT2D eigenvalue weighted by Crippen LogP contribution is 2.28. The van der Waals surface area contributed by atoms with E-state index >= 15 is 0 Å². The third-order valence-corrected chi connectivity index (χ3v) is 4.75. The summed E-state index contributed by atoms with van der Waals surface area (Å²) in [5.41, 5.74) is 0. The summed E-state index contributed by atoms with van der Waals surface area (Å²) >= 11 is 0. The van der Waals surface area contributed by atoms with Gasteiger partial charge in [-0.15, -0.1) is 0 Å². The third kappa shape index (κ3) is 4.18. The van der Waals surface area contributed by atoms with Gasteiger partial charge in [0, 0.05) is 12.6 Å². The Bertz CT molecular complexity index is 261. The molecular formula is C15H28N2O. The van der Waals surface area contributed by atoms with Gasteiger partial charge in [-0.1, -0.05) is 45.4 Å². The molecule has 0 spiro atoms. The standard InChI is InChI=1S/C15H28N2O/c1-12-7-5-6-8-13(12)11-16-15(18)17-14-9-3-2-4-10-14/h12-14H,2-11H2,1H3,(H2,16,17,18). The molecule has 2 saturated carbocycles. The van der Waals surface area contributed by atoms with Crippen LogP contribution in [0, 0.1) is 11.8 Å². The maximum atomic E-state index is 11.8. The molecule has 2 rings (SSSR count). The zero-order chi connectivity index (χ0) is 12.8. The summed E-state index contributed by atoms with van der Waals surface area (Å²) in [5.74, 6) is 1.46. The van der Waals surface area contributed by atoms with Crippen molar-refractivity contribution in [2.45, 2.75) is 70.8 Å². The largest absolute Gasteiger partial charge is 0.338 e. The Kier molecular flexibility index (Phi) is 5.33. The van der Waals surface area contributed by atoms with Gasteiger partial charge in [-0.2, -0.15) is 0 Å². The average molecular weight is 252 g/mol. The second kappa shape index (κ2) is 7.01. The molecule has 0 bridgehead atoms. The summed E-state index contributed by atoms with van der Waals surface area (Å²) in [7, 11) is 0. The summed E-state index contributed by atoms with van der Waals surface area (Å²) in [4.78, 5) is 11.8. The molecular weight excluding hydrogens is 224 g/mol.